The van der Waals surface area contributed by atoms with Crippen molar-refractivity contribution in [2.45, 2.75) is 51.7 Å². The first-order chi connectivity index (χ1) is 11.0. The summed E-state index contributed by atoms with van der Waals surface area (Å²) in [5, 5.41) is 14.7. The molecule has 1 aromatic rings. The number of carbonyl (C=O) groups is 2. The lowest BCUT2D eigenvalue weighted by molar-refractivity contribution is -0.127. The second kappa shape index (κ2) is 8.45. The van der Waals surface area contributed by atoms with Gasteiger partial charge in [-0.3, -0.25) is 9.59 Å². The predicted molar refractivity (Wildman–Crippen MR) is 91.5 cm³/mol. The van der Waals surface area contributed by atoms with Gasteiger partial charge in [-0.2, -0.15) is 0 Å². The van der Waals surface area contributed by atoms with Crippen molar-refractivity contribution in [1.82, 2.24) is 10.2 Å². The van der Waals surface area contributed by atoms with Gasteiger partial charge in [-0.1, -0.05) is 26.3 Å². The van der Waals surface area contributed by atoms with Crippen molar-refractivity contribution >= 4 is 23.2 Å². The SMILES string of the molecule is CCC(C)C(O)CNC(=O)C1CCCCN1C(=O)c1cccs1. The number of amides is 2. The van der Waals surface area contributed by atoms with Crippen LogP contribution in [-0.4, -0.2) is 47.1 Å². The molecule has 0 bridgehead atoms. The van der Waals surface area contributed by atoms with E-state index in [0.29, 0.717) is 17.8 Å². The Balaban J connectivity index is 1.97. The summed E-state index contributed by atoms with van der Waals surface area (Å²) in [7, 11) is 0. The molecule has 3 unspecified atom stereocenters. The molecule has 2 rings (SSSR count). The molecule has 23 heavy (non-hydrogen) atoms. The van der Waals surface area contributed by atoms with Crippen molar-refractivity contribution in [2.75, 3.05) is 13.1 Å². The Kier molecular flexibility index (Phi) is 6.59. The molecule has 1 saturated heterocycles. The number of hydrogen-bond donors (Lipinski definition) is 2. The topological polar surface area (TPSA) is 69.6 Å². The normalized spacial score (nSPS) is 20.8. The Labute approximate surface area is 141 Å². The van der Waals surface area contributed by atoms with Gasteiger partial charge in [-0.15, -0.1) is 11.3 Å². The van der Waals surface area contributed by atoms with E-state index in [1.807, 2.05) is 25.3 Å². The quantitative estimate of drug-likeness (QED) is 0.836. The fourth-order valence-electron chi connectivity index (χ4n) is 2.79. The van der Waals surface area contributed by atoms with Crippen LogP contribution in [0.2, 0.25) is 0 Å². The minimum Gasteiger partial charge on any atom is -0.391 e. The average molecular weight is 338 g/mol. The van der Waals surface area contributed by atoms with Crippen LogP contribution in [0.1, 0.15) is 49.2 Å². The van der Waals surface area contributed by atoms with Crippen LogP contribution in [0.3, 0.4) is 0 Å². The largest absolute Gasteiger partial charge is 0.391 e. The van der Waals surface area contributed by atoms with E-state index in [9.17, 15) is 14.7 Å². The summed E-state index contributed by atoms with van der Waals surface area (Å²) in [6.07, 6.45) is 2.87. The zero-order chi connectivity index (χ0) is 16.8. The number of aliphatic hydroxyl groups is 1. The number of rotatable bonds is 6. The molecule has 2 heterocycles. The number of piperidine rings is 1. The molecule has 0 aromatic carbocycles. The fraction of sp³-hybridized carbons (Fsp3) is 0.647. The van der Waals surface area contributed by atoms with Crippen LogP contribution in [-0.2, 0) is 4.79 Å². The van der Waals surface area contributed by atoms with E-state index in [4.69, 9.17) is 0 Å². The molecule has 0 aliphatic carbocycles. The van der Waals surface area contributed by atoms with Crippen molar-refractivity contribution in [2.24, 2.45) is 5.92 Å². The number of likely N-dealkylation sites (tertiary alicyclic amines) is 1. The average Bonchev–Trinajstić information content (AvgIpc) is 3.12. The van der Waals surface area contributed by atoms with Crippen molar-refractivity contribution in [3.05, 3.63) is 22.4 Å². The predicted octanol–water partition coefficient (Wildman–Crippen LogP) is 2.27. The third-order valence-electron chi connectivity index (χ3n) is 4.58. The maximum atomic E-state index is 12.6. The van der Waals surface area contributed by atoms with Crippen LogP contribution in [0.5, 0.6) is 0 Å². The first kappa shape index (κ1) is 17.9. The smallest absolute Gasteiger partial charge is 0.264 e. The third-order valence-corrected chi connectivity index (χ3v) is 5.44. The molecule has 0 spiro atoms. The van der Waals surface area contributed by atoms with Gasteiger partial charge in [-0.05, 0) is 36.6 Å². The molecule has 1 aromatic heterocycles. The molecule has 2 amide bonds. The Bertz CT molecular complexity index is 518. The lowest BCUT2D eigenvalue weighted by Crippen LogP contribution is -2.53. The molecule has 128 valence electrons. The van der Waals surface area contributed by atoms with E-state index < -0.39 is 12.1 Å². The van der Waals surface area contributed by atoms with E-state index in [0.717, 1.165) is 19.3 Å². The highest BCUT2D eigenvalue weighted by Gasteiger charge is 2.33. The third kappa shape index (κ3) is 4.54. The molecule has 6 heteroatoms. The standard InChI is InChI=1S/C17H26N2O3S/c1-3-12(2)14(20)11-18-16(21)13-7-4-5-9-19(13)17(22)15-8-6-10-23-15/h6,8,10,12-14,20H,3-5,7,9,11H2,1-2H3,(H,18,21). The van der Waals surface area contributed by atoms with Crippen LogP contribution in [0.15, 0.2) is 17.5 Å². The van der Waals surface area contributed by atoms with E-state index in [1.54, 1.807) is 11.0 Å². The van der Waals surface area contributed by atoms with Gasteiger partial charge in [0.15, 0.2) is 0 Å². The van der Waals surface area contributed by atoms with Crippen LogP contribution < -0.4 is 5.32 Å². The minimum absolute atomic E-state index is 0.0673. The van der Waals surface area contributed by atoms with Crippen LogP contribution in [0.25, 0.3) is 0 Å². The van der Waals surface area contributed by atoms with Crippen molar-refractivity contribution in [3.8, 4) is 0 Å². The molecule has 5 nitrogen and oxygen atoms in total. The summed E-state index contributed by atoms with van der Waals surface area (Å²) in [6, 6.07) is 3.21. The number of nitrogens with one attached hydrogen (secondary N) is 1. The van der Waals surface area contributed by atoms with E-state index >= 15 is 0 Å². The summed E-state index contributed by atoms with van der Waals surface area (Å²) >= 11 is 1.40. The molecular weight excluding hydrogens is 312 g/mol. The molecule has 3 atom stereocenters. The van der Waals surface area contributed by atoms with E-state index in [1.165, 1.54) is 11.3 Å². The highest BCUT2D eigenvalue weighted by molar-refractivity contribution is 7.12. The molecule has 1 fully saturated rings. The highest BCUT2D eigenvalue weighted by Crippen LogP contribution is 2.22. The van der Waals surface area contributed by atoms with Gasteiger partial charge < -0.3 is 15.3 Å². The Hall–Kier alpha value is -1.40. The Morgan fingerprint density at radius 3 is 2.91 bits per heavy atom. The van der Waals surface area contributed by atoms with Gasteiger partial charge in [0.2, 0.25) is 5.91 Å². The van der Waals surface area contributed by atoms with Gasteiger partial charge in [0.25, 0.3) is 5.91 Å². The van der Waals surface area contributed by atoms with Gasteiger partial charge >= 0.3 is 0 Å². The number of aliphatic hydroxyl groups excluding tert-OH is 1. The van der Waals surface area contributed by atoms with Crippen LogP contribution in [0, 0.1) is 5.92 Å². The first-order valence-corrected chi connectivity index (χ1v) is 9.22. The number of thiophene rings is 1. The highest BCUT2D eigenvalue weighted by atomic mass is 32.1. The van der Waals surface area contributed by atoms with E-state index in [-0.39, 0.29) is 24.3 Å². The fourth-order valence-corrected chi connectivity index (χ4v) is 3.46. The molecule has 0 saturated carbocycles. The van der Waals surface area contributed by atoms with Crippen LogP contribution >= 0.6 is 11.3 Å². The van der Waals surface area contributed by atoms with Gasteiger partial charge in [-0.25, -0.2) is 0 Å². The van der Waals surface area contributed by atoms with Gasteiger partial charge in [0.05, 0.1) is 11.0 Å². The Morgan fingerprint density at radius 2 is 2.26 bits per heavy atom. The summed E-state index contributed by atoms with van der Waals surface area (Å²) in [6.45, 7) is 4.83. The number of carbonyl (C=O) groups excluding carboxylic acids is 2. The molecular formula is C17H26N2O3S. The number of nitrogens with zero attached hydrogens (tertiary/aromatic N) is 1. The molecule has 1 aliphatic heterocycles. The Morgan fingerprint density at radius 1 is 1.48 bits per heavy atom. The monoisotopic (exact) mass is 338 g/mol. The summed E-state index contributed by atoms with van der Waals surface area (Å²) in [5.41, 5.74) is 0. The lowest BCUT2D eigenvalue weighted by atomic mass is 9.99. The van der Waals surface area contributed by atoms with E-state index in [2.05, 4.69) is 5.32 Å². The zero-order valence-corrected chi connectivity index (χ0v) is 14.6. The van der Waals surface area contributed by atoms with Crippen LogP contribution in [0.4, 0.5) is 0 Å². The maximum absolute atomic E-state index is 12.6. The van der Waals surface area contributed by atoms with Crippen molar-refractivity contribution < 1.29 is 14.7 Å². The molecule has 1 aliphatic rings. The molecule has 0 radical (unpaired) electrons. The molecule has 2 N–H and O–H groups in total. The zero-order valence-electron chi connectivity index (χ0n) is 13.8. The summed E-state index contributed by atoms with van der Waals surface area (Å²) in [5.74, 6) is -0.0789. The van der Waals surface area contributed by atoms with Crippen molar-refractivity contribution in [3.63, 3.8) is 0 Å². The summed E-state index contributed by atoms with van der Waals surface area (Å²) < 4.78 is 0. The minimum atomic E-state index is -0.547. The second-order valence-corrected chi connectivity index (χ2v) is 7.13. The second-order valence-electron chi connectivity index (χ2n) is 6.19. The van der Waals surface area contributed by atoms with Gasteiger partial charge in [0, 0.05) is 13.1 Å². The number of hydrogen-bond acceptors (Lipinski definition) is 4. The maximum Gasteiger partial charge on any atom is 0.264 e. The first-order valence-electron chi connectivity index (χ1n) is 8.34. The summed E-state index contributed by atoms with van der Waals surface area (Å²) in [4.78, 5) is 27.4. The van der Waals surface area contributed by atoms with Gasteiger partial charge in [0.1, 0.15) is 6.04 Å². The van der Waals surface area contributed by atoms with Crippen molar-refractivity contribution in [1.29, 1.82) is 0 Å². The lowest BCUT2D eigenvalue weighted by Gasteiger charge is -2.34.